The summed E-state index contributed by atoms with van der Waals surface area (Å²) in [6.45, 7) is 1.93. The van der Waals surface area contributed by atoms with Crippen LogP contribution in [0.15, 0.2) is 84.9 Å². The van der Waals surface area contributed by atoms with Gasteiger partial charge in [0.1, 0.15) is 0 Å². The summed E-state index contributed by atoms with van der Waals surface area (Å²) in [7, 11) is 0. The van der Waals surface area contributed by atoms with Crippen LogP contribution in [0.3, 0.4) is 0 Å². The van der Waals surface area contributed by atoms with Crippen LogP contribution in [0.2, 0.25) is 0 Å². The normalized spacial score (nSPS) is 11.2. The zero-order valence-corrected chi connectivity index (χ0v) is 16.6. The molecule has 3 aromatic rings. The quantitative estimate of drug-likeness (QED) is 0.554. The van der Waals surface area contributed by atoms with E-state index < -0.39 is 17.9 Å². The van der Waals surface area contributed by atoms with Crippen LogP contribution in [0.5, 0.6) is 0 Å². The summed E-state index contributed by atoms with van der Waals surface area (Å²) >= 11 is 0. The van der Waals surface area contributed by atoms with Gasteiger partial charge in [-0.2, -0.15) is 0 Å². The molecule has 0 heterocycles. The first kappa shape index (κ1) is 20.8. The molecule has 0 fully saturated rings. The summed E-state index contributed by atoms with van der Waals surface area (Å²) in [4.78, 5) is 37.2. The Balaban J connectivity index is 1.63. The van der Waals surface area contributed by atoms with E-state index in [1.165, 1.54) is 0 Å². The molecule has 0 aliphatic rings. The van der Waals surface area contributed by atoms with Crippen LogP contribution in [-0.2, 0) is 4.79 Å². The fourth-order valence-corrected chi connectivity index (χ4v) is 2.91. The molecule has 3 amide bonds. The van der Waals surface area contributed by atoms with Gasteiger partial charge in [0.05, 0.1) is 12.5 Å². The Morgan fingerprint density at radius 1 is 0.700 bits per heavy atom. The summed E-state index contributed by atoms with van der Waals surface area (Å²) in [5.41, 5.74) is 7.61. The number of rotatable bonds is 6. The number of hydrogen-bond acceptors (Lipinski definition) is 3. The smallest absolute Gasteiger partial charge is 0.269 e. The number of hydrogen-bond donors (Lipinski definition) is 3. The molecule has 0 aliphatic carbocycles. The molecule has 0 radical (unpaired) electrons. The van der Waals surface area contributed by atoms with Crippen LogP contribution in [0.4, 0.5) is 0 Å². The monoisotopic (exact) mass is 401 g/mol. The number of amides is 3. The zero-order chi connectivity index (χ0) is 21.3. The summed E-state index contributed by atoms with van der Waals surface area (Å²) < 4.78 is 0. The van der Waals surface area contributed by atoms with Gasteiger partial charge in [-0.05, 0) is 36.8 Å². The van der Waals surface area contributed by atoms with Crippen molar-refractivity contribution in [1.29, 1.82) is 0 Å². The highest BCUT2D eigenvalue weighted by Crippen LogP contribution is 2.17. The maximum absolute atomic E-state index is 12.6. The Kier molecular flexibility index (Phi) is 6.95. The molecule has 0 aliphatic heterocycles. The lowest BCUT2D eigenvalue weighted by Gasteiger charge is -2.19. The number of carbonyl (C=O) groups is 3. The summed E-state index contributed by atoms with van der Waals surface area (Å²) in [6.07, 6.45) is -0.0310. The topological polar surface area (TPSA) is 87.3 Å². The van der Waals surface area contributed by atoms with Crippen molar-refractivity contribution >= 4 is 17.7 Å². The van der Waals surface area contributed by atoms with Crippen LogP contribution in [0.25, 0.3) is 0 Å². The number of benzene rings is 3. The molecule has 3 aromatic carbocycles. The standard InChI is InChI=1S/C24H23N3O3/c1-17-12-14-20(15-13-17)24(30)27-26-22(28)16-21(18-8-4-2-5-9-18)25-23(29)19-10-6-3-7-11-19/h2-15,21H,16H2,1H3,(H,25,29)(H,26,28)(H,27,30)/t21-/m1/s1. The van der Waals surface area contributed by atoms with Crippen molar-refractivity contribution in [3.8, 4) is 0 Å². The van der Waals surface area contributed by atoms with Crippen molar-refractivity contribution < 1.29 is 14.4 Å². The van der Waals surface area contributed by atoms with Crippen molar-refractivity contribution in [2.45, 2.75) is 19.4 Å². The molecule has 1 atom stereocenters. The molecular formula is C24H23N3O3. The number of nitrogens with one attached hydrogen (secondary N) is 3. The molecule has 0 saturated carbocycles. The second-order valence-corrected chi connectivity index (χ2v) is 6.88. The molecule has 6 nitrogen and oxygen atoms in total. The first-order chi connectivity index (χ1) is 14.5. The van der Waals surface area contributed by atoms with Crippen LogP contribution in [0, 0.1) is 6.92 Å². The van der Waals surface area contributed by atoms with E-state index in [9.17, 15) is 14.4 Å². The number of hydrazine groups is 1. The highest BCUT2D eigenvalue weighted by atomic mass is 16.2. The van der Waals surface area contributed by atoms with Crippen LogP contribution in [-0.4, -0.2) is 17.7 Å². The van der Waals surface area contributed by atoms with E-state index in [0.717, 1.165) is 11.1 Å². The number of carbonyl (C=O) groups excluding carboxylic acids is 3. The second-order valence-electron chi connectivity index (χ2n) is 6.88. The van der Waals surface area contributed by atoms with Crippen molar-refractivity contribution in [2.75, 3.05) is 0 Å². The van der Waals surface area contributed by atoms with Gasteiger partial charge in [0.25, 0.3) is 11.8 Å². The molecule has 6 heteroatoms. The maximum atomic E-state index is 12.6. The Hall–Kier alpha value is -3.93. The van der Waals surface area contributed by atoms with E-state index in [4.69, 9.17) is 0 Å². The van der Waals surface area contributed by atoms with Gasteiger partial charge in [-0.3, -0.25) is 25.2 Å². The minimum absolute atomic E-state index is 0.0310. The molecule has 0 bridgehead atoms. The Labute approximate surface area is 175 Å². The van der Waals surface area contributed by atoms with Crippen molar-refractivity contribution in [3.05, 3.63) is 107 Å². The van der Waals surface area contributed by atoms with Gasteiger partial charge in [0.15, 0.2) is 0 Å². The van der Waals surface area contributed by atoms with Crippen LogP contribution in [0.1, 0.15) is 44.3 Å². The van der Waals surface area contributed by atoms with Crippen molar-refractivity contribution in [3.63, 3.8) is 0 Å². The predicted molar refractivity (Wildman–Crippen MR) is 114 cm³/mol. The molecular weight excluding hydrogens is 378 g/mol. The van der Waals surface area contributed by atoms with Gasteiger partial charge in [0.2, 0.25) is 5.91 Å². The highest BCUT2D eigenvalue weighted by Gasteiger charge is 2.19. The van der Waals surface area contributed by atoms with Gasteiger partial charge in [-0.25, -0.2) is 0 Å². The van der Waals surface area contributed by atoms with Gasteiger partial charge >= 0.3 is 0 Å². The lowest BCUT2D eigenvalue weighted by Crippen LogP contribution is -2.43. The fraction of sp³-hybridized carbons (Fsp3) is 0.125. The molecule has 152 valence electrons. The van der Waals surface area contributed by atoms with Gasteiger partial charge in [-0.15, -0.1) is 0 Å². The minimum Gasteiger partial charge on any atom is -0.345 e. The van der Waals surface area contributed by atoms with Crippen molar-refractivity contribution in [2.24, 2.45) is 0 Å². The first-order valence-corrected chi connectivity index (χ1v) is 9.59. The maximum Gasteiger partial charge on any atom is 0.269 e. The largest absolute Gasteiger partial charge is 0.345 e. The minimum atomic E-state index is -0.546. The third kappa shape index (κ3) is 5.78. The second kappa shape index (κ2) is 10.0. The van der Waals surface area contributed by atoms with E-state index in [1.807, 2.05) is 55.5 Å². The fourth-order valence-electron chi connectivity index (χ4n) is 2.91. The molecule has 3 N–H and O–H groups in total. The molecule has 0 aromatic heterocycles. The highest BCUT2D eigenvalue weighted by molar-refractivity contribution is 5.96. The summed E-state index contributed by atoms with van der Waals surface area (Å²) in [6, 6.07) is 24.5. The third-order valence-electron chi connectivity index (χ3n) is 4.56. The molecule has 0 saturated heterocycles. The van der Waals surface area contributed by atoms with E-state index in [0.29, 0.717) is 11.1 Å². The average molecular weight is 401 g/mol. The molecule has 3 rings (SSSR count). The summed E-state index contributed by atoms with van der Waals surface area (Å²) in [5.74, 6) is -1.11. The third-order valence-corrected chi connectivity index (χ3v) is 4.56. The lowest BCUT2D eigenvalue weighted by molar-refractivity contribution is -0.122. The Bertz CT molecular complexity index is 1000. The molecule has 30 heavy (non-hydrogen) atoms. The van der Waals surface area contributed by atoms with Gasteiger partial charge in [0, 0.05) is 11.1 Å². The average Bonchev–Trinajstić information content (AvgIpc) is 2.78. The van der Waals surface area contributed by atoms with Gasteiger partial charge in [-0.1, -0.05) is 66.2 Å². The lowest BCUT2D eigenvalue weighted by atomic mass is 10.0. The Morgan fingerprint density at radius 3 is 1.90 bits per heavy atom. The van der Waals surface area contributed by atoms with E-state index in [-0.39, 0.29) is 12.3 Å². The van der Waals surface area contributed by atoms with E-state index >= 15 is 0 Å². The molecule has 0 spiro atoms. The number of aryl methyl sites for hydroxylation is 1. The summed E-state index contributed by atoms with van der Waals surface area (Å²) in [5, 5.41) is 2.89. The Morgan fingerprint density at radius 2 is 1.27 bits per heavy atom. The predicted octanol–water partition coefficient (Wildman–Crippen LogP) is 3.32. The molecule has 0 unspecified atom stereocenters. The van der Waals surface area contributed by atoms with Crippen molar-refractivity contribution in [1.82, 2.24) is 16.2 Å². The van der Waals surface area contributed by atoms with E-state index in [2.05, 4.69) is 16.2 Å². The van der Waals surface area contributed by atoms with Crippen LogP contribution >= 0.6 is 0 Å². The van der Waals surface area contributed by atoms with Gasteiger partial charge < -0.3 is 5.32 Å². The van der Waals surface area contributed by atoms with Crippen LogP contribution < -0.4 is 16.2 Å². The first-order valence-electron chi connectivity index (χ1n) is 9.59. The van der Waals surface area contributed by atoms with E-state index in [1.54, 1.807) is 36.4 Å². The zero-order valence-electron chi connectivity index (χ0n) is 16.6. The SMILES string of the molecule is Cc1ccc(C(=O)NNC(=O)C[C@@H](NC(=O)c2ccccc2)c2ccccc2)cc1.